The molecule has 0 radical (unpaired) electrons. The van der Waals surface area contributed by atoms with Gasteiger partial charge in [0, 0.05) is 18.1 Å². The molecule has 1 amide bonds. The van der Waals surface area contributed by atoms with E-state index in [1.165, 1.54) is 15.4 Å². The van der Waals surface area contributed by atoms with Gasteiger partial charge in [-0.1, -0.05) is 47.5 Å². The molecule has 0 aromatic heterocycles. The van der Waals surface area contributed by atoms with E-state index in [-0.39, 0.29) is 12.5 Å². The monoisotopic (exact) mass is 434 g/mol. The van der Waals surface area contributed by atoms with Gasteiger partial charge in [0.2, 0.25) is 15.9 Å². The fraction of sp³-hybridized carbons (Fsp3) is 0.409. The average Bonchev–Trinajstić information content (AvgIpc) is 2.59. The minimum Gasteiger partial charge on any atom is -0.354 e. The van der Waals surface area contributed by atoms with Gasteiger partial charge >= 0.3 is 0 Å². The van der Waals surface area contributed by atoms with E-state index >= 15 is 0 Å². The zero-order valence-corrected chi connectivity index (χ0v) is 19.4. The number of amides is 1. The van der Waals surface area contributed by atoms with Crippen molar-refractivity contribution in [3.8, 4) is 0 Å². The van der Waals surface area contributed by atoms with E-state index in [1.54, 1.807) is 11.8 Å². The highest BCUT2D eigenvalue weighted by atomic mass is 32.2. The number of hydrogen-bond donors (Lipinski definition) is 1. The maximum Gasteiger partial charge on any atom is 0.240 e. The number of hydrogen-bond acceptors (Lipinski definition) is 4. The highest BCUT2D eigenvalue weighted by Gasteiger charge is 2.24. The molecule has 2 rings (SSSR count). The molecule has 158 valence electrons. The van der Waals surface area contributed by atoms with E-state index in [1.807, 2.05) is 39.0 Å². The average molecular weight is 435 g/mol. The van der Waals surface area contributed by atoms with Gasteiger partial charge in [-0.3, -0.25) is 9.10 Å². The molecule has 0 fully saturated rings. The molecule has 0 spiro atoms. The summed E-state index contributed by atoms with van der Waals surface area (Å²) in [6.45, 7) is 8.06. The van der Waals surface area contributed by atoms with Crippen LogP contribution in [0.1, 0.15) is 27.8 Å². The molecule has 1 N–H and O–H groups in total. The molecular formula is C22H30N2O3S2. The van der Waals surface area contributed by atoms with Crippen molar-refractivity contribution in [3.05, 3.63) is 64.2 Å². The number of anilines is 1. The number of carbonyl (C=O) groups excluding carboxylic acids is 1. The minimum atomic E-state index is -3.58. The Morgan fingerprint density at radius 2 is 1.69 bits per heavy atom. The third-order valence-electron chi connectivity index (χ3n) is 4.49. The molecule has 7 heteroatoms. The summed E-state index contributed by atoms with van der Waals surface area (Å²) in [6, 6.07) is 12.2. The summed E-state index contributed by atoms with van der Waals surface area (Å²) < 4.78 is 25.9. The van der Waals surface area contributed by atoms with Crippen LogP contribution in [0.15, 0.2) is 36.4 Å². The van der Waals surface area contributed by atoms with E-state index in [0.717, 1.165) is 34.5 Å². The van der Waals surface area contributed by atoms with E-state index in [9.17, 15) is 13.2 Å². The largest absolute Gasteiger partial charge is 0.354 e. The van der Waals surface area contributed by atoms with Crippen LogP contribution in [0.3, 0.4) is 0 Å². The van der Waals surface area contributed by atoms with Crippen molar-refractivity contribution >= 4 is 33.4 Å². The number of sulfonamides is 1. The van der Waals surface area contributed by atoms with Crippen LogP contribution in [0.25, 0.3) is 0 Å². The molecule has 0 saturated carbocycles. The van der Waals surface area contributed by atoms with Crippen LogP contribution in [0, 0.1) is 27.7 Å². The minimum absolute atomic E-state index is 0.216. The van der Waals surface area contributed by atoms with Crippen molar-refractivity contribution in [2.45, 2.75) is 33.4 Å². The quantitative estimate of drug-likeness (QED) is 0.611. The second-order valence-corrected chi connectivity index (χ2v) is 10.4. The van der Waals surface area contributed by atoms with Crippen LogP contribution in [0.2, 0.25) is 0 Å². The summed E-state index contributed by atoms with van der Waals surface area (Å²) >= 11 is 1.74. The van der Waals surface area contributed by atoms with Crippen molar-refractivity contribution in [1.82, 2.24) is 5.32 Å². The summed E-state index contributed by atoms with van der Waals surface area (Å²) in [5, 5.41) is 2.84. The van der Waals surface area contributed by atoms with Crippen LogP contribution < -0.4 is 9.62 Å². The molecule has 2 aromatic rings. The van der Waals surface area contributed by atoms with Crippen molar-refractivity contribution in [1.29, 1.82) is 0 Å². The first kappa shape index (κ1) is 23.3. The smallest absolute Gasteiger partial charge is 0.240 e. The predicted molar refractivity (Wildman–Crippen MR) is 123 cm³/mol. The molecule has 0 unspecified atom stereocenters. The van der Waals surface area contributed by atoms with E-state index in [0.29, 0.717) is 12.2 Å². The normalized spacial score (nSPS) is 11.3. The molecule has 0 heterocycles. The van der Waals surface area contributed by atoms with Crippen molar-refractivity contribution < 1.29 is 13.2 Å². The van der Waals surface area contributed by atoms with Gasteiger partial charge in [0.15, 0.2) is 0 Å². The van der Waals surface area contributed by atoms with Gasteiger partial charge in [0.05, 0.1) is 11.9 Å². The van der Waals surface area contributed by atoms with Gasteiger partial charge in [0.1, 0.15) is 6.54 Å². The highest BCUT2D eigenvalue weighted by molar-refractivity contribution is 7.98. The highest BCUT2D eigenvalue weighted by Crippen LogP contribution is 2.28. The third-order valence-corrected chi connectivity index (χ3v) is 6.63. The van der Waals surface area contributed by atoms with Gasteiger partial charge in [0.25, 0.3) is 0 Å². The van der Waals surface area contributed by atoms with Crippen LogP contribution in [-0.2, 0) is 20.6 Å². The van der Waals surface area contributed by atoms with E-state index in [4.69, 9.17) is 0 Å². The van der Waals surface area contributed by atoms with Crippen LogP contribution in [-0.4, -0.2) is 39.4 Å². The van der Waals surface area contributed by atoms with Crippen LogP contribution >= 0.6 is 11.8 Å². The topological polar surface area (TPSA) is 66.5 Å². The summed E-state index contributed by atoms with van der Waals surface area (Å²) in [5.74, 6) is 1.35. The molecule has 0 aliphatic carbocycles. The SMILES string of the molecule is Cc1cccc(CSCCNC(=O)CN(c2c(C)cc(C)cc2C)S(C)(=O)=O)c1. The summed E-state index contributed by atoms with van der Waals surface area (Å²) in [7, 11) is -3.58. The summed E-state index contributed by atoms with van der Waals surface area (Å²) in [6.07, 6.45) is 1.14. The van der Waals surface area contributed by atoms with Crippen molar-refractivity contribution in [2.24, 2.45) is 0 Å². The van der Waals surface area contributed by atoms with Gasteiger partial charge in [-0.2, -0.15) is 11.8 Å². The summed E-state index contributed by atoms with van der Waals surface area (Å²) in [4.78, 5) is 12.4. The van der Waals surface area contributed by atoms with Crippen LogP contribution in [0.5, 0.6) is 0 Å². The van der Waals surface area contributed by atoms with Gasteiger partial charge in [-0.15, -0.1) is 0 Å². The zero-order valence-electron chi connectivity index (χ0n) is 17.8. The Hall–Kier alpha value is -1.99. The number of carbonyl (C=O) groups is 1. The lowest BCUT2D eigenvalue weighted by atomic mass is 10.1. The Kier molecular flexibility index (Phi) is 8.16. The molecular weight excluding hydrogens is 404 g/mol. The number of benzene rings is 2. The van der Waals surface area contributed by atoms with Crippen molar-refractivity contribution in [3.63, 3.8) is 0 Å². The Balaban J connectivity index is 1.92. The first-order valence-corrected chi connectivity index (χ1v) is 12.5. The molecule has 0 atom stereocenters. The maximum atomic E-state index is 12.4. The standard InChI is InChI=1S/C22H30N2O3S2/c1-16-7-6-8-20(13-16)15-28-10-9-23-21(25)14-24(29(5,26)27)22-18(3)11-17(2)12-19(22)4/h6-8,11-13H,9-10,14-15H2,1-5H3,(H,23,25). The maximum absolute atomic E-state index is 12.4. The zero-order chi connectivity index (χ0) is 21.6. The number of nitrogens with one attached hydrogen (secondary N) is 1. The molecule has 0 aliphatic heterocycles. The summed E-state index contributed by atoms with van der Waals surface area (Å²) in [5.41, 5.74) is 5.83. The second kappa shape index (κ2) is 10.2. The number of thioether (sulfide) groups is 1. The van der Waals surface area contributed by atoms with E-state index < -0.39 is 10.0 Å². The second-order valence-electron chi connectivity index (χ2n) is 7.41. The Morgan fingerprint density at radius 1 is 1.03 bits per heavy atom. The Morgan fingerprint density at radius 3 is 2.28 bits per heavy atom. The Bertz CT molecular complexity index is 949. The van der Waals surface area contributed by atoms with Gasteiger partial charge < -0.3 is 5.32 Å². The fourth-order valence-corrected chi connectivity index (χ4v) is 5.15. The number of aryl methyl sites for hydroxylation is 4. The molecule has 0 bridgehead atoms. The predicted octanol–water partition coefficient (Wildman–Crippen LogP) is 3.74. The molecule has 0 aliphatic rings. The number of nitrogens with zero attached hydrogens (tertiary/aromatic N) is 1. The first-order valence-electron chi connectivity index (χ1n) is 9.53. The lowest BCUT2D eigenvalue weighted by Crippen LogP contribution is -2.41. The molecule has 2 aromatic carbocycles. The Labute approximate surface area is 178 Å². The molecule has 29 heavy (non-hydrogen) atoms. The molecule has 0 saturated heterocycles. The third kappa shape index (κ3) is 7.08. The van der Waals surface area contributed by atoms with E-state index in [2.05, 4.69) is 30.4 Å². The number of rotatable bonds is 9. The molecule has 5 nitrogen and oxygen atoms in total. The first-order chi connectivity index (χ1) is 13.6. The fourth-order valence-electron chi connectivity index (χ4n) is 3.37. The lowest BCUT2D eigenvalue weighted by Gasteiger charge is -2.26. The lowest BCUT2D eigenvalue weighted by molar-refractivity contribution is -0.119. The van der Waals surface area contributed by atoms with Crippen molar-refractivity contribution in [2.75, 3.05) is 29.4 Å². The van der Waals surface area contributed by atoms with Crippen LogP contribution in [0.4, 0.5) is 5.69 Å². The van der Waals surface area contributed by atoms with Gasteiger partial charge in [-0.05, 0) is 44.4 Å². The van der Waals surface area contributed by atoms with Gasteiger partial charge in [-0.25, -0.2) is 8.42 Å².